The SMILES string of the molecule is O=C(Cc1cccc2ccccc12)c1ccncc1F. The van der Waals surface area contributed by atoms with Gasteiger partial charge in [0, 0.05) is 12.6 Å². The van der Waals surface area contributed by atoms with Gasteiger partial charge in [-0.25, -0.2) is 4.39 Å². The number of hydrogen-bond donors (Lipinski definition) is 0. The zero-order valence-electron chi connectivity index (χ0n) is 10.7. The molecule has 20 heavy (non-hydrogen) atoms. The van der Waals surface area contributed by atoms with E-state index in [0.717, 1.165) is 22.5 Å². The van der Waals surface area contributed by atoms with Crippen LogP contribution in [0.2, 0.25) is 0 Å². The standard InChI is InChI=1S/C17H12FNO/c18-16-11-19-9-8-15(16)17(20)10-13-6-3-5-12-4-1-2-7-14(12)13/h1-9,11H,10H2. The lowest BCUT2D eigenvalue weighted by Crippen LogP contribution is -2.06. The van der Waals surface area contributed by atoms with Gasteiger partial charge >= 0.3 is 0 Å². The van der Waals surface area contributed by atoms with E-state index in [-0.39, 0.29) is 17.8 Å². The van der Waals surface area contributed by atoms with Crippen LogP contribution in [0.3, 0.4) is 0 Å². The topological polar surface area (TPSA) is 30.0 Å². The van der Waals surface area contributed by atoms with Crippen molar-refractivity contribution in [1.82, 2.24) is 4.98 Å². The molecule has 0 spiro atoms. The van der Waals surface area contributed by atoms with Crippen LogP contribution in [0.1, 0.15) is 15.9 Å². The fourth-order valence-electron chi connectivity index (χ4n) is 2.32. The molecule has 0 saturated heterocycles. The highest BCUT2D eigenvalue weighted by molar-refractivity contribution is 6.00. The molecule has 0 aliphatic carbocycles. The second kappa shape index (κ2) is 5.21. The molecule has 0 aliphatic rings. The second-order valence-electron chi connectivity index (χ2n) is 4.59. The normalized spacial score (nSPS) is 10.7. The Bertz CT molecular complexity index is 777. The summed E-state index contributed by atoms with van der Waals surface area (Å²) < 4.78 is 13.6. The Morgan fingerprint density at radius 2 is 1.85 bits per heavy atom. The van der Waals surface area contributed by atoms with Gasteiger partial charge in [0.05, 0.1) is 11.8 Å². The molecular formula is C17H12FNO. The van der Waals surface area contributed by atoms with Gasteiger partial charge in [-0.3, -0.25) is 9.78 Å². The fourth-order valence-corrected chi connectivity index (χ4v) is 2.32. The summed E-state index contributed by atoms with van der Waals surface area (Å²) in [7, 11) is 0. The number of carbonyl (C=O) groups excluding carboxylic acids is 1. The van der Waals surface area contributed by atoms with E-state index in [4.69, 9.17) is 0 Å². The Morgan fingerprint density at radius 1 is 1.05 bits per heavy atom. The monoisotopic (exact) mass is 265 g/mol. The van der Waals surface area contributed by atoms with Gasteiger partial charge in [0.2, 0.25) is 0 Å². The lowest BCUT2D eigenvalue weighted by Gasteiger charge is -2.06. The summed E-state index contributed by atoms with van der Waals surface area (Å²) in [6.07, 6.45) is 2.68. The summed E-state index contributed by atoms with van der Waals surface area (Å²) in [5, 5.41) is 2.10. The Kier molecular flexibility index (Phi) is 3.25. The van der Waals surface area contributed by atoms with E-state index < -0.39 is 5.82 Å². The Hall–Kier alpha value is -2.55. The number of benzene rings is 2. The van der Waals surface area contributed by atoms with Gasteiger partial charge in [-0.05, 0) is 22.4 Å². The van der Waals surface area contributed by atoms with Gasteiger partial charge < -0.3 is 0 Å². The largest absolute Gasteiger partial charge is 0.294 e. The van der Waals surface area contributed by atoms with Crippen LogP contribution in [-0.2, 0) is 6.42 Å². The molecule has 3 heteroatoms. The molecule has 0 N–H and O–H groups in total. The fraction of sp³-hybridized carbons (Fsp3) is 0.0588. The average molecular weight is 265 g/mol. The number of rotatable bonds is 3. The highest BCUT2D eigenvalue weighted by Crippen LogP contribution is 2.20. The predicted octanol–water partition coefficient (Wildman–Crippen LogP) is 3.80. The number of ketones is 1. The van der Waals surface area contributed by atoms with Gasteiger partial charge in [0.15, 0.2) is 11.6 Å². The van der Waals surface area contributed by atoms with Crippen molar-refractivity contribution in [2.45, 2.75) is 6.42 Å². The number of Topliss-reactive ketones (excluding diaryl/α,β-unsaturated/α-hetero) is 1. The Labute approximate surface area is 115 Å². The average Bonchev–Trinajstić information content (AvgIpc) is 2.48. The van der Waals surface area contributed by atoms with E-state index in [2.05, 4.69) is 4.98 Å². The smallest absolute Gasteiger partial charge is 0.170 e. The molecule has 0 amide bonds. The number of fused-ring (bicyclic) bond motifs is 1. The van der Waals surface area contributed by atoms with Crippen molar-refractivity contribution >= 4 is 16.6 Å². The maximum atomic E-state index is 13.6. The molecule has 0 fully saturated rings. The molecule has 2 aromatic carbocycles. The van der Waals surface area contributed by atoms with E-state index in [9.17, 15) is 9.18 Å². The first-order chi connectivity index (χ1) is 9.75. The Morgan fingerprint density at radius 3 is 2.70 bits per heavy atom. The summed E-state index contributed by atoms with van der Waals surface area (Å²) in [6, 6.07) is 15.1. The molecule has 3 rings (SSSR count). The van der Waals surface area contributed by atoms with Crippen molar-refractivity contribution in [2.24, 2.45) is 0 Å². The van der Waals surface area contributed by atoms with Crippen LogP contribution < -0.4 is 0 Å². The molecule has 0 unspecified atom stereocenters. The molecule has 0 bridgehead atoms. The number of aromatic nitrogens is 1. The van der Waals surface area contributed by atoms with Gasteiger partial charge in [-0.15, -0.1) is 0 Å². The van der Waals surface area contributed by atoms with Gasteiger partial charge in [0.1, 0.15) is 0 Å². The minimum atomic E-state index is -0.572. The molecule has 1 heterocycles. The third kappa shape index (κ3) is 2.30. The number of pyridine rings is 1. The summed E-state index contributed by atoms with van der Waals surface area (Å²) in [4.78, 5) is 15.9. The molecule has 0 aliphatic heterocycles. The zero-order chi connectivity index (χ0) is 13.9. The predicted molar refractivity (Wildman–Crippen MR) is 76.2 cm³/mol. The van der Waals surface area contributed by atoms with E-state index in [0.29, 0.717) is 0 Å². The van der Waals surface area contributed by atoms with Crippen LogP contribution in [0.15, 0.2) is 60.9 Å². The zero-order valence-corrected chi connectivity index (χ0v) is 10.7. The summed E-state index contributed by atoms with van der Waals surface area (Å²) in [6.45, 7) is 0. The molecule has 2 nitrogen and oxygen atoms in total. The van der Waals surface area contributed by atoms with Crippen molar-refractivity contribution in [3.8, 4) is 0 Å². The highest BCUT2D eigenvalue weighted by atomic mass is 19.1. The molecule has 98 valence electrons. The summed E-state index contributed by atoms with van der Waals surface area (Å²) in [5.74, 6) is -0.806. The van der Waals surface area contributed by atoms with Crippen LogP contribution in [-0.4, -0.2) is 10.8 Å². The van der Waals surface area contributed by atoms with E-state index >= 15 is 0 Å². The maximum absolute atomic E-state index is 13.6. The maximum Gasteiger partial charge on any atom is 0.170 e. The lowest BCUT2D eigenvalue weighted by atomic mass is 9.98. The van der Waals surface area contributed by atoms with Crippen LogP contribution in [0.25, 0.3) is 10.8 Å². The van der Waals surface area contributed by atoms with Crippen molar-refractivity contribution in [3.63, 3.8) is 0 Å². The van der Waals surface area contributed by atoms with Gasteiger partial charge in [-0.2, -0.15) is 0 Å². The summed E-state index contributed by atoms with van der Waals surface area (Å²) >= 11 is 0. The highest BCUT2D eigenvalue weighted by Gasteiger charge is 2.13. The number of carbonyl (C=O) groups is 1. The van der Waals surface area contributed by atoms with E-state index in [1.807, 2.05) is 42.5 Å². The van der Waals surface area contributed by atoms with E-state index in [1.165, 1.54) is 12.3 Å². The summed E-state index contributed by atoms with van der Waals surface area (Å²) in [5.41, 5.74) is 0.997. The number of hydrogen-bond acceptors (Lipinski definition) is 2. The van der Waals surface area contributed by atoms with E-state index in [1.54, 1.807) is 0 Å². The Balaban J connectivity index is 1.98. The van der Waals surface area contributed by atoms with Crippen LogP contribution in [0, 0.1) is 5.82 Å². The molecule has 3 aromatic rings. The van der Waals surface area contributed by atoms with Crippen LogP contribution in [0.4, 0.5) is 4.39 Å². The quantitative estimate of drug-likeness (QED) is 0.674. The van der Waals surface area contributed by atoms with Gasteiger partial charge in [0.25, 0.3) is 0 Å². The van der Waals surface area contributed by atoms with Crippen LogP contribution >= 0.6 is 0 Å². The van der Waals surface area contributed by atoms with Crippen LogP contribution in [0.5, 0.6) is 0 Å². The third-order valence-corrected chi connectivity index (χ3v) is 3.30. The first-order valence-electron chi connectivity index (χ1n) is 6.35. The lowest BCUT2D eigenvalue weighted by molar-refractivity contribution is 0.0989. The first-order valence-corrected chi connectivity index (χ1v) is 6.35. The first kappa shape index (κ1) is 12.5. The third-order valence-electron chi connectivity index (χ3n) is 3.30. The van der Waals surface area contributed by atoms with Crippen molar-refractivity contribution in [2.75, 3.05) is 0 Å². The number of halogens is 1. The molecule has 0 atom stereocenters. The van der Waals surface area contributed by atoms with Crippen molar-refractivity contribution in [3.05, 3.63) is 77.9 Å². The minimum absolute atomic E-state index is 0.0907. The molecule has 0 saturated carbocycles. The van der Waals surface area contributed by atoms with Gasteiger partial charge in [-0.1, -0.05) is 42.5 Å². The molecule has 0 radical (unpaired) electrons. The van der Waals surface area contributed by atoms with Crippen molar-refractivity contribution in [1.29, 1.82) is 0 Å². The molecular weight excluding hydrogens is 253 g/mol. The second-order valence-corrected chi connectivity index (χ2v) is 4.59. The minimum Gasteiger partial charge on any atom is -0.294 e. The van der Waals surface area contributed by atoms with Crippen molar-refractivity contribution < 1.29 is 9.18 Å². The molecule has 1 aromatic heterocycles. The number of nitrogens with zero attached hydrogens (tertiary/aromatic N) is 1.